The number of aromatic nitrogens is 1. The van der Waals surface area contributed by atoms with Gasteiger partial charge in [0, 0.05) is 36.0 Å². The van der Waals surface area contributed by atoms with Gasteiger partial charge >= 0.3 is 5.63 Å². The summed E-state index contributed by atoms with van der Waals surface area (Å²) in [6, 6.07) is 10.2. The Morgan fingerprint density at radius 2 is 1.95 bits per heavy atom. The summed E-state index contributed by atoms with van der Waals surface area (Å²) in [5.74, 6) is -0.220. The molecule has 0 unspecified atom stereocenters. The third-order valence-electron chi connectivity index (χ3n) is 3.42. The number of nitrogens with one attached hydrogen (secondary N) is 1. The number of benzene rings is 1. The molecule has 22 heavy (non-hydrogen) atoms. The number of fused-ring (bicyclic) bond motifs is 1. The smallest absolute Gasteiger partial charge is 0.336 e. The Hall–Kier alpha value is -2.95. The monoisotopic (exact) mass is 294 g/mol. The Labute approximate surface area is 126 Å². The van der Waals surface area contributed by atoms with Crippen LogP contribution >= 0.6 is 0 Å². The van der Waals surface area contributed by atoms with Gasteiger partial charge in [-0.25, -0.2) is 4.79 Å². The van der Waals surface area contributed by atoms with Crippen LogP contribution in [-0.4, -0.2) is 10.9 Å². The number of aryl methyl sites for hydroxylation is 1. The summed E-state index contributed by atoms with van der Waals surface area (Å²) in [5.41, 5.74) is 2.25. The van der Waals surface area contributed by atoms with Crippen LogP contribution in [0.3, 0.4) is 0 Å². The third-order valence-corrected chi connectivity index (χ3v) is 3.42. The number of nitrogens with zero attached hydrogens (tertiary/aromatic N) is 1. The molecule has 0 bridgehead atoms. The van der Waals surface area contributed by atoms with Crippen LogP contribution in [0.15, 0.2) is 58.0 Å². The Kier molecular flexibility index (Phi) is 3.70. The lowest BCUT2D eigenvalue weighted by Gasteiger charge is -2.06. The van der Waals surface area contributed by atoms with Crippen molar-refractivity contribution in [1.29, 1.82) is 0 Å². The fourth-order valence-electron chi connectivity index (χ4n) is 2.25. The summed E-state index contributed by atoms with van der Waals surface area (Å²) in [6.45, 7) is 2.25. The van der Waals surface area contributed by atoms with E-state index in [1.165, 1.54) is 6.07 Å². The molecule has 0 aliphatic rings. The standard InChI is InChI=1S/C17H14N2O3/c1-11-8-16(20)22-15-9-13(2-3-14(11)15)17(21)19-10-12-4-6-18-7-5-12/h2-9H,10H2,1H3,(H,19,21). The number of amides is 1. The number of hydrogen-bond acceptors (Lipinski definition) is 4. The van der Waals surface area contributed by atoms with Crippen molar-refractivity contribution in [3.8, 4) is 0 Å². The van der Waals surface area contributed by atoms with Gasteiger partial charge in [0.15, 0.2) is 0 Å². The highest BCUT2D eigenvalue weighted by atomic mass is 16.4. The van der Waals surface area contributed by atoms with Crippen molar-refractivity contribution in [2.75, 3.05) is 0 Å². The third kappa shape index (κ3) is 2.88. The molecule has 0 atom stereocenters. The van der Waals surface area contributed by atoms with E-state index in [0.29, 0.717) is 17.7 Å². The quantitative estimate of drug-likeness (QED) is 0.753. The first-order valence-electron chi connectivity index (χ1n) is 6.85. The van der Waals surface area contributed by atoms with Crippen LogP contribution in [0, 0.1) is 6.92 Å². The van der Waals surface area contributed by atoms with Gasteiger partial charge in [-0.3, -0.25) is 9.78 Å². The van der Waals surface area contributed by atoms with E-state index in [2.05, 4.69) is 10.3 Å². The molecule has 3 rings (SSSR count). The minimum atomic E-state index is -0.417. The van der Waals surface area contributed by atoms with Crippen molar-refractivity contribution in [3.05, 3.63) is 75.9 Å². The first-order chi connectivity index (χ1) is 10.6. The van der Waals surface area contributed by atoms with Crippen molar-refractivity contribution in [2.45, 2.75) is 13.5 Å². The maximum Gasteiger partial charge on any atom is 0.336 e. The number of carbonyl (C=O) groups is 1. The average molecular weight is 294 g/mol. The molecule has 5 nitrogen and oxygen atoms in total. The lowest BCUT2D eigenvalue weighted by atomic mass is 10.1. The number of pyridine rings is 1. The van der Waals surface area contributed by atoms with E-state index in [4.69, 9.17) is 4.42 Å². The minimum absolute atomic E-state index is 0.220. The van der Waals surface area contributed by atoms with Crippen LogP contribution in [0.2, 0.25) is 0 Å². The van der Waals surface area contributed by atoms with Gasteiger partial charge in [-0.2, -0.15) is 0 Å². The Morgan fingerprint density at radius 3 is 2.73 bits per heavy atom. The first kappa shape index (κ1) is 14.0. The second-order valence-electron chi connectivity index (χ2n) is 5.00. The van der Waals surface area contributed by atoms with Gasteiger partial charge in [0.25, 0.3) is 5.91 Å². The molecule has 0 saturated heterocycles. The molecule has 110 valence electrons. The summed E-state index contributed by atoms with van der Waals surface area (Å²) in [5, 5.41) is 3.65. The molecule has 3 aromatic rings. The normalized spacial score (nSPS) is 10.6. The van der Waals surface area contributed by atoms with Gasteiger partial charge in [-0.05, 0) is 42.3 Å². The molecule has 5 heteroatoms. The summed E-state index contributed by atoms with van der Waals surface area (Å²) in [4.78, 5) is 27.5. The van der Waals surface area contributed by atoms with Gasteiger partial charge in [0.1, 0.15) is 5.58 Å². The van der Waals surface area contributed by atoms with E-state index in [0.717, 1.165) is 16.5 Å². The van der Waals surface area contributed by atoms with Crippen LogP contribution in [-0.2, 0) is 6.54 Å². The largest absolute Gasteiger partial charge is 0.423 e. The molecule has 2 heterocycles. The highest BCUT2D eigenvalue weighted by molar-refractivity contribution is 5.97. The van der Waals surface area contributed by atoms with Gasteiger partial charge in [0.2, 0.25) is 0 Å². The van der Waals surface area contributed by atoms with Crippen molar-refractivity contribution in [2.24, 2.45) is 0 Å². The van der Waals surface area contributed by atoms with E-state index in [1.54, 1.807) is 30.6 Å². The number of hydrogen-bond donors (Lipinski definition) is 1. The van der Waals surface area contributed by atoms with Crippen LogP contribution < -0.4 is 10.9 Å². The second kappa shape index (κ2) is 5.81. The van der Waals surface area contributed by atoms with Crippen molar-refractivity contribution >= 4 is 16.9 Å². The summed E-state index contributed by atoms with van der Waals surface area (Å²) >= 11 is 0. The molecule has 0 spiro atoms. The van der Waals surface area contributed by atoms with E-state index in [1.807, 2.05) is 19.1 Å². The van der Waals surface area contributed by atoms with Crippen LogP contribution in [0.1, 0.15) is 21.5 Å². The molecule has 0 aliphatic carbocycles. The van der Waals surface area contributed by atoms with Crippen LogP contribution in [0.5, 0.6) is 0 Å². The Morgan fingerprint density at radius 1 is 1.18 bits per heavy atom. The highest BCUT2D eigenvalue weighted by Gasteiger charge is 2.09. The SMILES string of the molecule is Cc1cc(=O)oc2cc(C(=O)NCc3ccncc3)ccc12. The molecule has 1 N–H and O–H groups in total. The fourth-order valence-corrected chi connectivity index (χ4v) is 2.25. The molecular weight excluding hydrogens is 280 g/mol. The zero-order valence-electron chi connectivity index (χ0n) is 12.0. The summed E-state index contributed by atoms with van der Waals surface area (Å²) in [7, 11) is 0. The molecule has 2 aromatic heterocycles. The maximum absolute atomic E-state index is 12.2. The fraction of sp³-hybridized carbons (Fsp3) is 0.118. The van der Waals surface area contributed by atoms with Crippen molar-refractivity contribution in [3.63, 3.8) is 0 Å². The van der Waals surface area contributed by atoms with Crippen molar-refractivity contribution < 1.29 is 9.21 Å². The topological polar surface area (TPSA) is 72.2 Å². The van der Waals surface area contributed by atoms with Gasteiger partial charge in [-0.1, -0.05) is 6.07 Å². The zero-order chi connectivity index (χ0) is 15.5. The summed E-state index contributed by atoms with van der Waals surface area (Å²) in [6.07, 6.45) is 3.35. The zero-order valence-corrected chi connectivity index (χ0v) is 12.0. The second-order valence-corrected chi connectivity index (χ2v) is 5.00. The van der Waals surface area contributed by atoms with E-state index >= 15 is 0 Å². The summed E-state index contributed by atoms with van der Waals surface area (Å²) < 4.78 is 5.15. The highest BCUT2D eigenvalue weighted by Crippen LogP contribution is 2.18. The van der Waals surface area contributed by atoms with Crippen LogP contribution in [0.4, 0.5) is 0 Å². The minimum Gasteiger partial charge on any atom is -0.423 e. The molecule has 0 aliphatic heterocycles. The van der Waals surface area contributed by atoms with E-state index < -0.39 is 5.63 Å². The van der Waals surface area contributed by atoms with Gasteiger partial charge < -0.3 is 9.73 Å². The van der Waals surface area contributed by atoms with Crippen molar-refractivity contribution in [1.82, 2.24) is 10.3 Å². The number of rotatable bonds is 3. The molecular formula is C17H14N2O3. The van der Waals surface area contributed by atoms with Gasteiger partial charge in [-0.15, -0.1) is 0 Å². The predicted octanol–water partition coefficient (Wildman–Crippen LogP) is 2.43. The van der Waals surface area contributed by atoms with Crippen LogP contribution in [0.25, 0.3) is 11.0 Å². The van der Waals surface area contributed by atoms with E-state index in [9.17, 15) is 9.59 Å². The molecule has 1 amide bonds. The average Bonchev–Trinajstić information content (AvgIpc) is 2.53. The molecule has 0 fully saturated rings. The number of carbonyl (C=O) groups excluding carboxylic acids is 1. The van der Waals surface area contributed by atoms with Gasteiger partial charge in [0.05, 0.1) is 0 Å². The van der Waals surface area contributed by atoms with E-state index in [-0.39, 0.29) is 5.91 Å². The molecule has 0 saturated carbocycles. The maximum atomic E-state index is 12.2. The molecule has 1 aromatic carbocycles. The first-order valence-corrected chi connectivity index (χ1v) is 6.85. The predicted molar refractivity (Wildman–Crippen MR) is 82.6 cm³/mol. The Bertz CT molecular complexity index is 885. The Balaban J connectivity index is 1.83. The molecule has 0 radical (unpaired) electrons. The lowest BCUT2D eigenvalue weighted by molar-refractivity contribution is 0.0951. The lowest BCUT2D eigenvalue weighted by Crippen LogP contribution is -2.22.